The van der Waals surface area contributed by atoms with Gasteiger partial charge >= 0.3 is 0 Å². The highest BCUT2D eigenvalue weighted by atomic mass is 15.2. The van der Waals surface area contributed by atoms with Crippen LogP contribution >= 0.6 is 0 Å². The van der Waals surface area contributed by atoms with E-state index in [4.69, 9.17) is 9.97 Å². The molecule has 4 heteroatoms. The quantitative estimate of drug-likeness (QED) is 0.228. The molecule has 4 nitrogen and oxygen atoms in total. The molecule has 41 heavy (non-hydrogen) atoms. The van der Waals surface area contributed by atoms with Crippen molar-refractivity contribution < 1.29 is 0 Å². The molecule has 5 aromatic carbocycles. The molecule has 2 heterocycles. The lowest BCUT2D eigenvalue weighted by molar-refractivity contribution is 0.632. The molecule has 198 valence electrons. The molecule has 0 spiro atoms. The van der Waals surface area contributed by atoms with E-state index >= 15 is 0 Å². The standard InChI is InChI=1S/C37H30N4/c1-25-38-35(40-36(39-25)29-15-11-14-28(24-29)26-12-5-4-6-13-26)27-20-22-30(23-21-27)41-33-18-9-7-16-31(33)37(2,3)32-17-8-10-19-34(32)41/h4-24H,1-3H3. The fourth-order valence-electron chi connectivity index (χ4n) is 5.92. The van der Waals surface area contributed by atoms with Crippen LogP contribution < -0.4 is 4.90 Å². The Kier molecular flexibility index (Phi) is 5.97. The normalized spacial score (nSPS) is 13.4. The van der Waals surface area contributed by atoms with Crippen molar-refractivity contribution in [3.05, 3.63) is 144 Å². The van der Waals surface area contributed by atoms with Crippen molar-refractivity contribution >= 4 is 17.1 Å². The van der Waals surface area contributed by atoms with Gasteiger partial charge in [0.1, 0.15) is 5.82 Å². The van der Waals surface area contributed by atoms with Crippen molar-refractivity contribution in [1.29, 1.82) is 0 Å². The second-order valence-corrected chi connectivity index (χ2v) is 11.0. The summed E-state index contributed by atoms with van der Waals surface area (Å²) in [4.78, 5) is 16.7. The fourth-order valence-corrected chi connectivity index (χ4v) is 5.92. The summed E-state index contributed by atoms with van der Waals surface area (Å²) >= 11 is 0. The molecule has 7 rings (SSSR count). The van der Waals surface area contributed by atoms with Gasteiger partial charge in [-0.3, -0.25) is 0 Å². The van der Waals surface area contributed by atoms with Crippen molar-refractivity contribution in [3.63, 3.8) is 0 Å². The summed E-state index contributed by atoms with van der Waals surface area (Å²) in [6.45, 7) is 6.54. The summed E-state index contributed by atoms with van der Waals surface area (Å²) in [5, 5.41) is 0. The highest BCUT2D eigenvalue weighted by Crippen LogP contribution is 2.51. The lowest BCUT2D eigenvalue weighted by Gasteiger charge is -2.42. The van der Waals surface area contributed by atoms with Gasteiger partial charge in [0.05, 0.1) is 11.4 Å². The maximum atomic E-state index is 4.91. The second kappa shape index (κ2) is 9.83. The Balaban J connectivity index is 1.26. The molecule has 0 unspecified atom stereocenters. The molecule has 0 N–H and O–H groups in total. The molecule has 1 aromatic heterocycles. The highest BCUT2D eigenvalue weighted by molar-refractivity contribution is 5.86. The minimum atomic E-state index is -0.0831. The van der Waals surface area contributed by atoms with Gasteiger partial charge in [-0.05, 0) is 71.6 Å². The van der Waals surface area contributed by atoms with Gasteiger partial charge in [-0.25, -0.2) is 15.0 Å². The largest absolute Gasteiger partial charge is 0.310 e. The van der Waals surface area contributed by atoms with Crippen LogP contribution in [0, 0.1) is 6.92 Å². The number of aromatic nitrogens is 3. The Morgan fingerprint density at radius 1 is 0.488 bits per heavy atom. The van der Waals surface area contributed by atoms with Crippen LogP contribution in [0.3, 0.4) is 0 Å². The van der Waals surface area contributed by atoms with Gasteiger partial charge in [0, 0.05) is 22.2 Å². The van der Waals surface area contributed by atoms with Crippen LogP contribution in [0.5, 0.6) is 0 Å². The lowest BCUT2D eigenvalue weighted by atomic mass is 9.73. The Morgan fingerprint density at radius 3 is 1.68 bits per heavy atom. The zero-order valence-electron chi connectivity index (χ0n) is 23.4. The number of nitrogens with zero attached hydrogens (tertiary/aromatic N) is 4. The number of aryl methyl sites for hydroxylation is 1. The van der Waals surface area contributed by atoms with E-state index in [1.165, 1.54) is 28.1 Å². The SMILES string of the molecule is Cc1nc(-c2ccc(N3c4ccccc4C(C)(C)c4ccccc43)cc2)nc(-c2cccc(-c3ccccc3)c2)n1. The number of rotatable bonds is 4. The average Bonchev–Trinajstić information content (AvgIpc) is 3.02. The zero-order chi connectivity index (χ0) is 28.0. The molecule has 0 saturated carbocycles. The summed E-state index contributed by atoms with van der Waals surface area (Å²) in [7, 11) is 0. The van der Waals surface area contributed by atoms with Gasteiger partial charge in [0.2, 0.25) is 0 Å². The van der Waals surface area contributed by atoms with Gasteiger partial charge in [0.25, 0.3) is 0 Å². The van der Waals surface area contributed by atoms with Gasteiger partial charge in [0.15, 0.2) is 11.6 Å². The minimum Gasteiger partial charge on any atom is -0.310 e. The van der Waals surface area contributed by atoms with Gasteiger partial charge in [-0.1, -0.05) is 98.8 Å². The fraction of sp³-hybridized carbons (Fsp3) is 0.108. The van der Waals surface area contributed by atoms with Gasteiger partial charge in [-0.15, -0.1) is 0 Å². The van der Waals surface area contributed by atoms with E-state index in [2.05, 4.69) is 145 Å². The van der Waals surface area contributed by atoms with Crippen LogP contribution in [0.4, 0.5) is 17.1 Å². The monoisotopic (exact) mass is 530 g/mol. The Morgan fingerprint density at radius 2 is 1.02 bits per heavy atom. The third kappa shape index (κ3) is 4.38. The van der Waals surface area contributed by atoms with Crippen LogP contribution in [-0.4, -0.2) is 15.0 Å². The summed E-state index contributed by atoms with van der Waals surface area (Å²) in [5.74, 6) is 2.04. The smallest absolute Gasteiger partial charge is 0.163 e. The third-order valence-electron chi connectivity index (χ3n) is 8.00. The highest BCUT2D eigenvalue weighted by Gasteiger charge is 2.36. The van der Waals surface area contributed by atoms with E-state index in [1.807, 2.05) is 13.0 Å². The first-order valence-electron chi connectivity index (χ1n) is 14.0. The van der Waals surface area contributed by atoms with Crippen LogP contribution in [0.2, 0.25) is 0 Å². The van der Waals surface area contributed by atoms with Gasteiger partial charge < -0.3 is 4.90 Å². The molecule has 0 radical (unpaired) electrons. The number of benzene rings is 5. The van der Waals surface area contributed by atoms with E-state index in [-0.39, 0.29) is 5.41 Å². The van der Waals surface area contributed by atoms with Gasteiger partial charge in [-0.2, -0.15) is 0 Å². The van der Waals surface area contributed by atoms with Crippen molar-refractivity contribution in [2.45, 2.75) is 26.2 Å². The Bertz CT molecular complexity index is 1820. The topological polar surface area (TPSA) is 41.9 Å². The molecule has 0 fully saturated rings. The first kappa shape index (κ1) is 24.9. The Labute approximate surface area is 241 Å². The van der Waals surface area contributed by atoms with Crippen LogP contribution in [0.1, 0.15) is 30.8 Å². The molecule has 0 amide bonds. The van der Waals surface area contributed by atoms with Crippen molar-refractivity contribution in [2.75, 3.05) is 4.90 Å². The van der Waals surface area contributed by atoms with E-state index < -0.39 is 0 Å². The predicted octanol–water partition coefficient (Wildman–Crippen LogP) is 9.29. The maximum Gasteiger partial charge on any atom is 0.163 e. The summed E-state index contributed by atoms with van der Waals surface area (Å²) < 4.78 is 0. The van der Waals surface area contributed by atoms with E-state index in [9.17, 15) is 0 Å². The molecule has 1 aliphatic heterocycles. The van der Waals surface area contributed by atoms with Crippen LogP contribution in [0.15, 0.2) is 127 Å². The van der Waals surface area contributed by atoms with Crippen molar-refractivity contribution in [3.8, 4) is 33.9 Å². The molecule has 6 aromatic rings. The molecule has 0 bridgehead atoms. The van der Waals surface area contributed by atoms with E-state index in [0.29, 0.717) is 17.5 Å². The second-order valence-electron chi connectivity index (χ2n) is 11.0. The number of hydrogen-bond donors (Lipinski definition) is 0. The first-order chi connectivity index (χ1) is 20.0. The summed E-state index contributed by atoms with van der Waals surface area (Å²) in [6, 6.07) is 44.7. The molecular formula is C37H30N4. The number of fused-ring (bicyclic) bond motifs is 2. The van der Waals surface area contributed by atoms with Crippen molar-refractivity contribution in [2.24, 2.45) is 0 Å². The molecule has 0 atom stereocenters. The van der Waals surface area contributed by atoms with Crippen LogP contribution in [0.25, 0.3) is 33.9 Å². The maximum absolute atomic E-state index is 4.91. The van der Waals surface area contributed by atoms with E-state index in [0.717, 1.165) is 22.4 Å². The van der Waals surface area contributed by atoms with E-state index in [1.54, 1.807) is 0 Å². The third-order valence-corrected chi connectivity index (χ3v) is 8.00. The molecule has 0 aliphatic carbocycles. The zero-order valence-corrected chi connectivity index (χ0v) is 23.4. The van der Waals surface area contributed by atoms with Crippen LogP contribution in [-0.2, 0) is 5.41 Å². The summed E-state index contributed by atoms with van der Waals surface area (Å²) in [6.07, 6.45) is 0. The number of para-hydroxylation sites is 2. The molecule has 1 aliphatic rings. The number of hydrogen-bond acceptors (Lipinski definition) is 4. The molecular weight excluding hydrogens is 500 g/mol. The molecule has 0 saturated heterocycles. The average molecular weight is 531 g/mol. The minimum absolute atomic E-state index is 0.0831. The Hall–Kier alpha value is -5.09. The van der Waals surface area contributed by atoms with Crippen molar-refractivity contribution in [1.82, 2.24) is 15.0 Å². The first-order valence-corrected chi connectivity index (χ1v) is 14.0. The lowest BCUT2D eigenvalue weighted by Crippen LogP contribution is -2.30. The summed E-state index contributed by atoms with van der Waals surface area (Å²) in [5.41, 5.74) is 10.3. The predicted molar refractivity (Wildman–Crippen MR) is 168 cm³/mol. The number of anilines is 3.